The second kappa shape index (κ2) is 7.08. The maximum absolute atomic E-state index is 12.3. The van der Waals surface area contributed by atoms with Crippen LogP contribution < -0.4 is 5.43 Å². The standard InChI is InChI=1S/C23H21N3O/c1-3-26-21-11-7-6-10-19(21)20-14-17(12-13-22(20)26)15-24-25-23(27)18-9-5-4-8-16(18)2/h4-15H,3H2,1-2H3,(H,25,27). The Hall–Kier alpha value is -3.40. The molecule has 0 atom stereocenters. The van der Waals surface area contributed by atoms with E-state index in [2.05, 4.69) is 58.4 Å². The molecule has 4 rings (SSSR count). The summed E-state index contributed by atoms with van der Waals surface area (Å²) in [4.78, 5) is 12.3. The number of nitrogens with one attached hydrogen (secondary N) is 1. The number of amides is 1. The first-order valence-electron chi connectivity index (χ1n) is 9.09. The summed E-state index contributed by atoms with van der Waals surface area (Å²) in [7, 11) is 0. The van der Waals surface area contributed by atoms with Gasteiger partial charge in [0.25, 0.3) is 5.91 Å². The van der Waals surface area contributed by atoms with Crippen molar-refractivity contribution in [3.05, 3.63) is 83.4 Å². The summed E-state index contributed by atoms with van der Waals surface area (Å²) in [5.74, 6) is -0.201. The number of hydrazone groups is 1. The van der Waals surface area contributed by atoms with Gasteiger partial charge in [0.05, 0.1) is 6.21 Å². The molecule has 1 heterocycles. The van der Waals surface area contributed by atoms with E-state index in [9.17, 15) is 4.79 Å². The van der Waals surface area contributed by atoms with E-state index in [4.69, 9.17) is 0 Å². The molecule has 27 heavy (non-hydrogen) atoms. The molecular formula is C23H21N3O. The third-order valence-corrected chi connectivity index (χ3v) is 4.88. The van der Waals surface area contributed by atoms with Crippen molar-refractivity contribution in [2.45, 2.75) is 20.4 Å². The molecule has 4 heteroatoms. The van der Waals surface area contributed by atoms with E-state index in [1.165, 1.54) is 21.8 Å². The summed E-state index contributed by atoms with van der Waals surface area (Å²) < 4.78 is 2.31. The number of fused-ring (bicyclic) bond motifs is 3. The molecule has 0 bridgehead atoms. The van der Waals surface area contributed by atoms with Gasteiger partial charge in [-0.05, 0) is 49.2 Å². The topological polar surface area (TPSA) is 46.4 Å². The zero-order valence-corrected chi connectivity index (χ0v) is 15.4. The number of nitrogens with zero attached hydrogens (tertiary/aromatic N) is 2. The van der Waals surface area contributed by atoms with Gasteiger partial charge in [-0.3, -0.25) is 4.79 Å². The molecule has 134 valence electrons. The molecule has 0 saturated carbocycles. The fraction of sp³-hybridized carbons (Fsp3) is 0.130. The molecule has 4 aromatic rings. The Labute approximate surface area is 158 Å². The normalized spacial score (nSPS) is 11.5. The van der Waals surface area contributed by atoms with Crippen LogP contribution in [0.15, 0.2) is 71.8 Å². The molecule has 1 N–H and O–H groups in total. The van der Waals surface area contributed by atoms with E-state index in [1.807, 2.05) is 31.2 Å². The molecule has 0 spiro atoms. The van der Waals surface area contributed by atoms with Gasteiger partial charge in [-0.2, -0.15) is 5.10 Å². The first-order valence-corrected chi connectivity index (χ1v) is 9.09. The number of rotatable bonds is 4. The van der Waals surface area contributed by atoms with Crippen molar-refractivity contribution in [3.63, 3.8) is 0 Å². The summed E-state index contributed by atoms with van der Waals surface area (Å²) in [5, 5.41) is 6.57. The van der Waals surface area contributed by atoms with Crippen LogP contribution in [0.1, 0.15) is 28.4 Å². The van der Waals surface area contributed by atoms with E-state index < -0.39 is 0 Å². The molecule has 3 aromatic carbocycles. The van der Waals surface area contributed by atoms with Gasteiger partial charge in [-0.15, -0.1) is 0 Å². The number of hydrogen-bond acceptors (Lipinski definition) is 2. The lowest BCUT2D eigenvalue weighted by Crippen LogP contribution is -2.18. The van der Waals surface area contributed by atoms with Gasteiger partial charge in [0, 0.05) is 33.9 Å². The third kappa shape index (κ3) is 3.10. The monoisotopic (exact) mass is 355 g/mol. The Morgan fingerprint density at radius 2 is 1.74 bits per heavy atom. The van der Waals surface area contributed by atoms with Crippen molar-refractivity contribution in [1.82, 2.24) is 9.99 Å². The minimum atomic E-state index is -0.201. The second-order valence-electron chi connectivity index (χ2n) is 6.55. The lowest BCUT2D eigenvalue weighted by molar-refractivity contribution is 0.0954. The molecule has 4 nitrogen and oxygen atoms in total. The van der Waals surface area contributed by atoms with Crippen molar-refractivity contribution >= 4 is 33.9 Å². The molecule has 0 fully saturated rings. The number of aryl methyl sites for hydroxylation is 2. The Balaban J connectivity index is 1.63. The number of hydrogen-bond donors (Lipinski definition) is 1. The molecule has 0 unspecified atom stereocenters. The maximum atomic E-state index is 12.3. The van der Waals surface area contributed by atoms with Gasteiger partial charge < -0.3 is 4.57 Å². The van der Waals surface area contributed by atoms with Crippen molar-refractivity contribution in [2.75, 3.05) is 0 Å². The predicted molar refractivity (Wildman–Crippen MR) is 111 cm³/mol. The first kappa shape index (κ1) is 17.0. The fourth-order valence-electron chi connectivity index (χ4n) is 3.55. The number of benzene rings is 3. The van der Waals surface area contributed by atoms with Crippen LogP contribution in [0.3, 0.4) is 0 Å². The van der Waals surface area contributed by atoms with Crippen LogP contribution >= 0.6 is 0 Å². The van der Waals surface area contributed by atoms with E-state index >= 15 is 0 Å². The highest BCUT2D eigenvalue weighted by atomic mass is 16.2. The molecule has 0 radical (unpaired) electrons. The second-order valence-corrected chi connectivity index (χ2v) is 6.55. The van der Waals surface area contributed by atoms with Gasteiger partial charge in [0.15, 0.2) is 0 Å². The van der Waals surface area contributed by atoms with E-state index in [-0.39, 0.29) is 5.91 Å². The largest absolute Gasteiger partial charge is 0.341 e. The Kier molecular flexibility index (Phi) is 4.47. The zero-order chi connectivity index (χ0) is 18.8. The van der Waals surface area contributed by atoms with Crippen LogP contribution in [0.2, 0.25) is 0 Å². The molecule has 0 aliphatic heterocycles. The van der Waals surface area contributed by atoms with Gasteiger partial charge in [0.2, 0.25) is 0 Å². The van der Waals surface area contributed by atoms with Crippen molar-refractivity contribution in [2.24, 2.45) is 5.10 Å². The maximum Gasteiger partial charge on any atom is 0.271 e. The molecule has 0 saturated heterocycles. The van der Waals surface area contributed by atoms with Crippen LogP contribution in [0.5, 0.6) is 0 Å². The first-order chi connectivity index (χ1) is 13.2. The molecule has 1 amide bonds. The summed E-state index contributed by atoms with van der Waals surface area (Å²) in [6.07, 6.45) is 1.69. The number of aromatic nitrogens is 1. The van der Waals surface area contributed by atoms with E-state index in [0.717, 1.165) is 17.7 Å². The third-order valence-electron chi connectivity index (χ3n) is 4.88. The van der Waals surface area contributed by atoms with E-state index in [0.29, 0.717) is 5.56 Å². The van der Waals surface area contributed by atoms with Gasteiger partial charge in [-0.25, -0.2) is 5.43 Å². The summed E-state index contributed by atoms with van der Waals surface area (Å²) in [6.45, 7) is 4.99. The van der Waals surface area contributed by atoms with Crippen molar-refractivity contribution < 1.29 is 4.79 Å². The fourth-order valence-corrected chi connectivity index (χ4v) is 3.55. The molecule has 0 aliphatic carbocycles. The van der Waals surface area contributed by atoms with Gasteiger partial charge in [-0.1, -0.05) is 42.5 Å². The minimum absolute atomic E-state index is 0.201. The Morgan fingerprint density at radius 3 is 2.56 bits per heavy atom. The Morgan fingerprint density at radius 1 is 1.00 bits per heavy atom. The van der Waals surface area contributed by atoms with Crippen LogP contribution in [-0.4, -0.2) is 16.7 Å². The minimum Gasteiger partial charge on any atom is -0.341 e. The molecule has 0 aliphatic rings. The van der Waals surface area contributed by atoms with Crippen LogP contribution in [-0.2, 0) is 6.54 Å². The predicted octanol–water partition coefficient (Wildman–Crippen LogP) is 4.89. The average Bonchev–Trinajstić information content (AvgIpc) is 3.01. The zero-order valence-electron chi connectivity index (χ0n) is 15.4. The Bertz CT molecular complexity index is 1170. The number of carbonyl (C=O) groups is 1. The number of para-hydroxylation sites is 1. The van der Waals surface area contributed by atoms with Crippen LogP contribution in [0, 0.1) is 6.92 Å². The summed E-state index contributed by atoms with van der Waals surface area (Å²) >= 11 is 0. The number of carbonyl (C=O) groups excluding carboxylic acids is 1. The lowest BCUT2D eigenvalue weighted by Gasteiger charge is -2.03. The van der Waals surface area contributed by atoms with Crippen LogP contribution in [0.25, 0.3) is 21.8 Å². The molecular weight excluding hydrogens is 334 g/mol. The molecule has 1 aromatic heterocycles. The highest BCUT2D eigenvalue weighted by Crippen LogP contribution is 2.29. The highest BCUT2D eigenvalue weighted by Gasteiger charge is 2.09. The van der Waals surface area contributed by atoms with Crippen LogP contribution in [0.4, 0.5) is 0 Å². The van der Waals surface area contributed by atoms with E-state index in [1.54, 1.807) is 12.3 Å². The lowest BCUT2D eigenvalue weighted by atomic mass is 10.1. The highest BCUT2D eigenvalue weighted by molar-refractivity contribution is 6.09. The smallest absolute Gasteiger partial charge is 0.271 e. The van der Waals surface area contributed by atoms with Gasteiger partial charge >= 0.3 is 0 Å². The summed E-state index contributed by atoms with van der Waals surface area (Å²) in [6, 6.07) is 22.2. The summed E-state index contributed by atoms with van der Waals surface area (Å²) in [5.41, 5.74) is 7.57. The quantitative estimate of drug-likeness (QED) is 0.411. The van der Waals surface area contributed by atoms with Crippen molar-refractivity contribution in [1.29, 1.82) is 0 Å². The SMILES string of the molecule is CCn1c2ccccc2c2cc(C=NNC(=O)c3ccccc3C)ccc21. The van der Waals surface area contributed by atoms with Gasteiger partial charge in [0.1, 0.15) is 0 Å². The average molecular weight is 355 g/mol. The van der Waals surface area contributed by atoms with Crippen molar-refractivity contribution in [3.8, 4) is 0 Å².